The zero-order chi connectivity index (χ0) is 20.5. The molecule has 1 fully saturated rings. The number of anilines is 2. The highest BCUT2D eigenvalue weighted by atomic mass is 127. The van der Waals surface area contributed by atoms with Gasteiger partial charge < -0.3 is 16.0 Å². The molecule has 2 heterocycles. The van der Waals surface area contributed by atoms with Crippen molar-refractivity contribution in [2.24, 2.45) is 10.7 Å². The molecular weight excluding hydrogens is 489 g/mol. The molecule has 0 aliphatic carbocycles. The van der Waals surface area contributed by atoms with Crippen LogP contribution in [-0.2, 0) is 12.8 Å². The molecule has 0 radical (unpaired) electrons. The Hall–Kier alpha value is -1.94. The maximum atomic E-state index is 6.16. The SMILES string of the molecule is CCc1cccc(CC)c1NC(N)=NCCCN1CCN(c2ncccn2)CC1.I. The van der Waals surface area contributed by atoms with E-state index >= 15 is 0 Å². The van der Waals surface area contributed by atoms with E-state index in [1.165, 1.54) is 11.1 Å². The minimum Gasteiger partial charge on any atom is -0.370 e. The average molecular weight is 523 g/mol. The molecule has 3 rings (SSSR count). The minimum atomic E-state index is 0. The van der Waals surface area contributed by atoms with E-state index in [4.69, 9.17) is 5.73 Å². The number of nitrogens with one attached hydrogen (secondary N) is 1. The molecule has 3 N–H and O–H groups in total. The summed E-state index contributed by atoms with van der Waals surface area (Å²) in [6, 6.07) is 8.26. The summed E-state index contributed by atoms with van der Waals surface area (Å²) in [7, 11) is 0. The van der Waals surface area contributed by atoms with Gasteiger partial charge in [0, 0.05) is 57.3 Å². The molecule has 0 bridgehead atoms. The highest BCUT2D eigenvalue weighted by Gasteiger charge is 2.18. The zero-order valence-corrected chi connectivity index (χ0v) is 20.4. The van der Waals surface area contributed by atoms with Gasteiger partial charge >= 0.3 is 0 Å². The second kappa shape index (κ2) is 12.7. The minimum absolute atomic E-state index is 0. The van der Waals surface area contributed by atoms with Gasteiger partial charge in [0.1, 0.15) is 0 Å². The lowest BCUT2D eigenvalue weighted by molar-refractivity contribution is 0.255. The molecule has 1 saturated heterocycles. The van der Waals surface area contributed by atoms with E-state index in [0.29, 0.717) is 5.96 Å². The number of hydrogen-bond donors (Lipinski definition) is 2. The van der Waals surface area contributed by atoms with Gasteiger partial charge in [0.05, 0.1) is 0 Å². The van der Waals surface area contributed by atoms with Crippen molar-refractivity contribution in [2.75, 3.05) is 49.5 Å². The van der Waals surface area contributed by atoms with E-state index in [0.717, 1.165) is 70.2 Å². The number of aryl methyl sites for hydroxylation is 2. The van der Waals surface area contributed by atoms with Crippen LogP contribution in [-0.4, -0.2) is 60.1 Å². The number of nitrogens with zero attached hydrogens (tertiary/aromatic N) is 5. The fourth-order valence-electron chi connectivity index (χ4n) is 3.69. The molecule has 0 atom stereocenters. The molecule has 8 heteroatoms. The molecular formula is C22H34IN7. The van der Waals surface area contributed by atoms with E-state index in [2.05, 4.69) is 62.1 Å². The van der Waals surface area contributed by atoms with Crippen molar-refractivity contribution in [3.63, 3.8) is 0 Å². The number of nitrogens with two attached hydrogens (primary N) is 1. The molecule has 164 valence electrons. The first kappa shape index (κ1) is 24.3. The van der Waals surface area contributed by atoms with Crippen molar-refractivity contribution in [3.8, 4) is 0 Å². The predicted molar refractivity (Wildman–Crippen MR) is 136 cm³/mol. The third-order valence-corrected chi connectivity index (χ3v) is 5.37. The fourth-order valence-corrected chi connectivity index (χ4v) is 3.69. The number of hydrogen-bond acceptors (Lipinski definition) is 5. The summed E-state index contributed by atoms with van der Waals surface area (Å²) >= 11 is 0. The summed E-state index contributed by atoms with van der Waals surface area (Å²) in [5.74, 6) is 1.33. The molecule has 0 amide bonds. The number of piperazine rings is 1. The van der Waals surface area contributed by atoms with E-state index in [9.17, 15) is 0 Å². The first-order valence-electron chi connectivity index (χ1n) is 10.6. The number of aliphatic imine (C=N–C) groups is 1. The lowest BCUT2D eigenvalue weighted by Crippen LogP contribution is -2.47. The van der Waals surface area contributed by atoms with Crippen molar-refractivity contribution in [1.29, 1.82) is 0 Å². The highest BCUT2D eigenvalue weighted by molar-refractivity contribution is 14.0. The maximum Gasteiger partial charge on any atom is 0.225 e. The summed E-state index contributed by atoms with van der Waals surface area (Å²) in [6.45, 7) is 10.1. The number of halogens is 1. The van der Waals surface area contributed by atoms with Crippen LogP contribution in [0.2, 0.25) is 0 Å². The van der Waals surface area contributed by atoms with Crippen LogP contribution in [0, 0.1) is 0 Å². The molecule has 1 aromatic carbocycles. The standard InChI is InChI=1S/C22H33N7.HI/c1-3-18-8-5-9-19(4-2)20(18)27-21(23)24-12-7-13-28-14-16-29(17-15-28)22-25-10-6-11-26-22;/h5-6,8-11H,3-4,7,12-17H2,1-2H3,(H3,23,24,27);1H. The topological polar surface area (TPSA) is 82.7 Å². The van der Waals surface area contributed by atoms with Gasteiger partial charge in [-0.15, -0.1) is 24.0 Å². The fraction of sp³-hybridized carbons (Fsp3) is 0.500. The van der Waals surface area contributed by atoms with Crippen LogP contribution in [0.5, 0.6) is 0 Å². The molecule has 0 saturated carbocycles. The van der Waals surface area contributed by atoms with Crippen molar-refractivity contribution >= 4 is 41.6 Å². The lowest BCUT2D eigenvalue weighted by atomic mass is 10.0. The Morgan fingerprint density at radius 3 is 2.27 bits per heavy atom. The summed E-state index contributed by atoms with van der Waals surface area (Å²) < 4.78 is 0. The van der Waals surface area contributed by atoms with Crippen molar-refractivity contribution in [1.82, 2.24) is 14.9 Å². The van der Waals surface area contributed by atoms with Gasteiger partial charge in [0.2, 0.25) is 5.95 Å². The van der Waals surface area contributed by atoms with E-state index in [1.54, 1.807) is 12.4 Å². The van der Waals surface area contributed by atoms with Crippen LogP contribution >= 0.6 is 24.0 Å². The van der Waals surface area contributed by atoms with Crippen molar-refractivity contribution in [3.05, 3.63) is 47.8 Å². The first-order chi connectivity index (χ1) is 14.2. The Balaban J connectivity index is 0.00000320. The van der Waals surface area contributed by atoms with Gasteiger partial charge in [-0.3, -0.25) is 9.89 Å². The van der Waals surface area contributed by atoms with Gasteiger partial charge in [-0.05, 0) is 36.5 Å². The Kier molecular flexibility index (Phi) is 10.3. The van der Waals surface area contributed by atoms with E-state index < -0.39 is 0 Å². The van der Waals surface area contributed by atoms with Crippen LogP contribution in [0.4, 0.5) is 11.6 Å². The Morgan fingerprint density at radius 2 is 1.67 bits per heavy atom. The van der Waals surface area contributed by atoms with Gasteiger partial charge in [0.15, 0.2) is 5.96 Å². The van der Waals surface area contributed by atoms with E-state index in [-0.39, 0.29) is 24.0 Å². The predicted octanol–water partition coefficient (Wildman–Crippen LogP) is 3.16. The normalized spacial score (nSPS) is 15.0. The largest absolute Gasteiger partial charge is 0.370 e. The number of rotatable bonds is 8. The second-order valence-corrected chi connectivity index (χ2v) is 7.28. The van der Waals surface area contributed by atoms with Crippen LogP contribution in [0.3, 0.4) is 0 Å². The number of guanidine groups is 1. The lowest BCUT2D eigenvalue weighted by Gasteiger charge is -2.34. The quantitative estimate of drug-likeness (QED) is 0.240. The summed E-state index contributed by atoms with van der Waals surface area (Å²) in [6.07, 6.45) is 6.55. The third kappa shape index (κ3) is 6.80. The highest BCUT2D eigenvalue weighted by Crippen LogP contribution is 2.22. The molecule has 30 heavy (non-hydrogen) atoms. The van der Waals surface area contributed by atoms with Crippen molar-refractivity contribution < 1.29 is 0 Å². The second-order valence-electron chi connectivity index (χ2n) is 7.28. The zero-order valence-electron chi connectivity index (χ0n) is 18.0. The Labute approximate surface area is 197 Å². The summed E-state index contributed by atoms with van der Waals surface area (Å²) in [5, 5.41) is 3.34. The Morgan fingerprint density at radius 1 is 1.03 bits per heavy atom. The van der Waals surface area contributed by atoms with Gasteiger partial charge in [0.25, 0.3) is 0 Å². The first-order valence-corrected chi connectivity index (χ1v) is 10.6. The van der Waals surface area contributed by atoms with Crippen molar-refractivity contribution in [2.45, 2.75) is 33.1 Å². The van der Waals surface area contributed by atoms with Crippen LogP contribution in [0.1, 0.15) is 31.4 Å². The summed E-state index contributed by atoms with van der Waals surface area (Å²) in [5.41, 5.74) is 9.84. The molecule has 1 aliphatic heterocycles. The molecule has 2 aromatic rings. The number of aromatic nitrogens is 2. The number of para-hydroxylation sites is 1. The molecule has 7 nitrogen and oxygen atoms in total. The smallest absolute Gasteiger partial charge is 0.225 e. The van der Waals surface area contributed by atoms with Gasteiger partial charge in [-0.2, -0.15) is 0 Å². The third-order valence-electron chi connectivity index (χ3n) is 5.37. The molecule has 0 unspecified atom stereocenters. The molecule has 0 spiro atoms. The Bertz CT molecular complexity index is 767. The van der Waals surface area contributed by atoms with E-state index in [1.807, 2.05) is 6.07 Å². The maximum absolute atomic E-state index is 6.16. The van der Waals surface area contributed by atoms with Crippen LogP contribution in [0.25, 0.3) is 0 Å². The van der Waals surface area contributed by atoms with Gasteiger partial charge in [-0.25, -0.2) is 9.97 Å². The summed E-state index contributed by atoms with van der Waals surface area (Å²) in [4.78, 5) is 17.9. The molecule has 1 aromatic heterocycles. The van der Waals surface area contributed by atoms with Gasteiger partial charge in [-0.1, -0.05) is 32.0 Å². The van der Waals surface area contributed by atoms with Crippen LogP contribution < -0.4 is 16.0 Å². The number of benzene rings is 1. The average Bonchev–Trinajstić information content (AvgIpc) is 2.78. The monoisotopic (exact) mass is 523 g/mol. The molecule has 1 aliphatic rings. The van der Waals surface area contributed by atoms with Crippen LogP contribution in [0.15, 0.2) is 41.7 Å².